The highest BCUT2D eigenvalue weighted by atomic mass is 16.6. The molecular formula is C18H16N6O5. The molecule has 1 aromatic carbocycles. The van der Waals surface area contributed by atoms with E-state index in [1.54, 1.807) is 23.4 Å². The molecule has 1 aromatic heterocycles. The van der Waals surface area contributed by atoms with E-state index in [0.717, 1.165) is 11.0 Å². The van der Waals surface area contributed by atoms with Crippen LogP contribution in [0.25, 0.3) is 0 Å². The van der Waals surface area contributed by atoms with E-state index in [0.29, 0.717) is 32.1 Å². The van der Waals surface area contributed by atoms with E-state index in [4.69, 9.17) is 0 Å². The highest BCUT2D eigenvalue weighted by Crippen LogP contribution is 2.26. The van der Waals surface area contributed by atoms with Crippen LogP contribution < -0.4 is 4.90 Å². The SMILES string of the molecule is O=C(CN1C(=O)c2ccc([N+](=O)[O-])cc2C1=O)N1CCN(c2ncccn2)CC1. The number of hydrogen-bond donors (Lipinski definition) is 0. The second-order valence-corrected chi connectivity index (χ2v) is 6.60. The Morgan fingerprint density at radius 2 is 1.69 bits per heavy atom. The van der Waals surface area contributed by atoms with Crippen LogP contribution in [0, 0.1) is 10.1 Å². The minimum absolute atomic E-state index is 0.0527. The Kier molecular flexibility index (Phi) is 4.63. The fourth-order valence-electron chi connectivity index (χ4n) is 3.38. The zero-order valence-corrected chi connectivity index (χ0v) is 15.2. The van der Waals surface area contributed by atoms with Crippen molar-refractivity contribution in [2.24, 2.45) is 0 Å². The normalized spacial score (nSPS) is 16.2. The first-order valence-corrected chi connectivity index (χ1v) is 8.90. The van der Waals surface area contributed by atoms with Crippen molar-refractivity contribution >= 4 is 29.4 Å². The number of imide groups is 1. The number of carbonyl (C=O) groups is 3. The first-order chi connectivity index (χ1) is 14.0. The van der Waals surface area contributed by atoms with Crippen LogP contribution in [0.1, 0.15) is 20.7 Å². The zero-order chi connectivity index (χ0) is 20.5. The standard InChI is InChI=1S/C18H16N6O5/c25-15(21-6-8-22(9-7-21)18-19-4-1-5-20-18)11-23-16(26)13-3-2-12(24(28)29)10-14(13)17(23)27/h1-5,10H,6-9,11H2. The Morgan fingerprint density at radius 3 is 2.34 bits per heavy atom. The van der Waals surface area contributed by atoms with Gasteiger partial charge < -0.3 is 9.80 Å². The average Bonchev–Trinajstić information content (AvgIpc) is 2.98. The van der Waals surface area contributed by atoms with Crippen molar-refractivity contribution in [2.45, 2.75) is 0 Å². The Balaban J connectivity index is 1.41. The maximum Gasteiger partial charge on any atom is 0.270 e. The smallest absolute Gasteiger partial charge is 0.270 e. The van der Waals surface area contributed by atoms with Gasteiger partial charge in [0.05, 0.1) is 16.1 Å². The molecule has 0 radical (unpaired) electrons. The van der Waals surface area contributed by atoms with E-state index in [1.807, 2.05) is 4.90 Å². The number of nitro groups is 1. The van der Waals surface area contributed by atoms with Crippen molar-refractivity contribution in [1.29, 1.82) is 0 Å². The number of fused-ring (bicyclic) bond motifs is 1. The molecule has 0 spiro atoms. The first kappa shape index (κ1) is 18.5. The fourth-order valence-corrected chi connectivity index (χ4v) is 3.38. The van der Waals surface area contributed by atoms with E-state index in [2.05, 4.69) is 9.97 Å². The number of piperazine rings is 1. The van der Waals surface area contributed by atoms with Gasteiger partial charge in [-0.25, -0.2) is 9.97 Å². The molecule has 3 heterocycles. The summed E-state index contributed by atoms with van der Waals surface area (Å²) in [6.45, 7) is 1.48. The zero-order valence-electron chi connectivity index (χ0n) is 15.2. The van der Waals surface area contributed by atoms with Crippen molar-refractivity contribution in [2.75, 3.05) is 37.6 Å². The molecule has 0 aliphatic carbocycles. The highest BCUT2D eigenvalue weighted by molar-refractivity contribution is 6.22. The summed E-state index contributed by atoms with van der Waals surface area (Å²) < 4.78 is 0. The van der Waals surface area contributed by atoms with Crippen molar-refractivity contribution in [3.63, 3.8) is 0 Å². The van der Waals surface area contributed by atoms with Gasteiger partial charge in [-0.1, -0.05) is 0 Å². The number of benzene rings is 1. The topological polar surface area (TPSA) is 130 Å². The Bertz CT molecular complexity index is 1000. The van der Waals surface area contributed by atoms with E-state index in [-0.39, 0.29) is 22.7 Å². The fraction of sp³-hybridized carbons (Fsp3) is 0.278. The molecule has 3 amide bonds. The third-order valence-electron chi connectivity index (χ3n) is 4.93. The van der Waals surface area contributed by atoms with Crippen molar-refractivity contribution in [1.82, 2.24) is 19.8 Å². The molecule has 11 nitrogen and oxygen atoms in total. The van der Waals surface area contributed by atoms with E-state index in [9.17, 15) is 24.5 Å². The number of non-ortho nitro benzene ring substituents is 1. The van der Waals surface area contributed by atoms with Crippen LogP contribution in [-0.4, -0.2) is 75.1 Å². The number of aromatic nitrogens is 2. The van der Waals surface area contributed by atoms with Crippen molar-refractivity contribution < 1.29 is 19.3 Å². The third kappa shape index (κ3) is 3.37. The lowest BCUT2D eigenvalue weighted by molar-refractivity contribution is -0.384. The maximum atomic E-state index is 12.6. The largest absolute Gasteiger partial charge is 0.338 e. The van der Waals surface area contributed by atoms with Gasteiger partial charge in [-0.05, 0) is 12.1 Å². The van der Waals surface area contributed by atoms with Gasteiger partial charge in [0.25, 0.3) is 17.5 Å². The first-order valence-electron chi connectivity index (χ1n) is 8.90. The molecule has 0 N–H and O–H groups in total. The summed E-state index contributed by atoms with van der Waals surface area (Å²) in [5.41, 5.74) is -0.264. The lowest BCUT2D eigenvalue weighted by Gasteiger charge is -2.35. The maximum absolute atomic E-state index is 12.6. The molecule has 2 aromatic rings. The second kappa shape index (κ2) is 7.26. The molecule has 0 saturated carbocycles. The number of amides is 3. The number of anilines is 1. The Hall–Kier alpha value is -3.89. The number of carbonyl (C=O) groups excluding carboxylic acids is 3. The predicted molar refractivity (Wildman–Crippen MR) is 99.3 cm³/mol. The number of nitro benzene ring substituents is 1. The van der Waals surface area contributed by atoms with Crippen LogP contribution in [0.4, 0.5) is 11.6 Å². The summed E-state index contributed by atoms with van der Waals surface area (Å²) in [6, 6.07) is 5.20. The van der Waals surface area contributed by atoms with Crippen LogP contribution in [0.5, 0.6) is 0 Å². The van der Waals surface area contributed by atoms with Gasteiger partial charge >= 0.3 is 0 Å². The minimum Gasteiger partial charge on any atom is -0.338 e. The molecule has 4 rings (SSSR count). The summed E-state index contributed by atoms with van der Waals surface area (Å²) in [5, 5.41) is 10.9. The molecule has 148 valence electrons. The van der Waals surface area contributed by atoms with Crippen LogP contribution in [0.3, 0.4) is 0 Å². The van der Waals surface area contributed by atoms with Crippen LogP contribution >= 0.6 is 0 Å². The molecule has 0 unspecified atom stereocenters. The minimum atomic E-state index is -0.696. The van der Waals surface area contributed by atoms with Crippen LogP contribution in [-0.2, 0) is 4.79 Å². The quantitative estimate of drug-likeness (QED) is 0.411. The summed E-state index contributed by atoms with van der Waals surface area (Å²) >= 11 is 0. The molecule has 0 bridgehead atoms. The van der Waals surface area contributed by atoms with Crippen molar-refractivity contribution in [3.8, 4) is 0 Å². The van der Waals surface area contributed by atoms with Gasteiger partial charge in [0.1, 0.15) is 6.54 Å². The summed E-state index contributed by atoms with van der Waals surface area (Å²) in [7, 11) is 0. The molecule has 2 aliphatic rings. The van der Waals surface area contributed by atoms with Crippen molar-refractivity contribution in [3.05, 3.63) is 57.9 Å². The molecule has 11 heteroatoms. The van der Waals surface area contributed by atoms with Crippen LogP contribution in [0.2, 0.25) is 0 Å². The van der Waals surface area contributed by atoms with Gasteiger partial charge in [-0.3, -0.25) is 29.4 Å². The second-order valence-electron chi connectivity index (χ2n) is 6.60. The predicted octanol–water partition coefficient (Wildman–Crippen LogP) is 0.330. The summed E-state index contributed by atoms with van der Waals surface area (Å²) in [6.07, 6.45) is 3.29. The molecule has 29 heavy (non-hydrogen) atoms. The van der Waals surface area contributed by atoms with Crippen LogP contribution in [0.15, 0.2) is 36.7 Å². The Labute approximate surface area is 164 Å². The molecule has 1 saturated heterocycles. The van der Waals surface area contributed by atoms with Gasteiger partial charge in [0, 0.05) is 50.7 Å². The number of hydrogen-bond acceptors (Lipinski definition) is 8. The average molecular weight is 396 g/mol. The van der Waals surface area contributed by atoms with Gasteiger partial charge in [0.15, 0.2) is 0 Å². The highest BCUT2D eigenvalue weighted by Gasteiger charge is 2.38. The molecule has 2 aliphatic heterocycles. The van der Waals surface area contributed by atoms with Gasteiger partial charge in [0.2, 0.25) is 11.9 Å². The van der Waals surface area contributed by atoms with E-state index < -0.39 is 23.3 Å². The summed E-state index contributed by atoms with van der Waals surface area (Å²) in [5.74, 6) is -1.09. The van der Waals surface area contributed by atoms with E-state index in [1.165, 1.54) is 12.1 Å². The lowest BCUT2D eigenvalue weighted by Crippen LogP contribution is -2.52. The molecule has 1 fully saturated rings. The van der Waals surface area contributed by atoms with E-state index >= 15 is 0 Å². The molecular weight excluding hydrogens is 380 g/mol. The third-order valence-corrected chi connectivity index (χ3v) is 4.93. The number of rotatable bonds is 4. The summed E-state index contributed by atoms with van der Waals surface area (Å²) in [4.78, 5) is 60.6. The molecule has 0 atom stereocenters. The monoisotopic (exact) mass is 396 g/mol. The number of nitrogens with zero attached hydrogens (tertiary/aromatic N) is 6. The van der Waals surface area contributed by atoms with Gasteiger partial charge in [-0.2, -0.15) is 0 Å². The Morgan fingerprint density at radius 1 is 1.03 bits per heavy atom. The lowest BCUT2D eigenvalue weighted by atomic mass is 10.1. The van der Waals surface area contributed by atoms with Gasteiger partial charge in [-0.15, -0.1) is 0 Å².